The molecule has 3 rings (SSSR count). The molecule has 0 aliphatic heterocycles. The standard InChI is InChI=1S/C14H12/c1-10-6-7-11-4-2-3-5-13(11)14(10)12-8-9-12/h2-8H,9H2,1H3. The van der Waals surface area contributed by atoms with E-state index in [-0.39, 0.29) is 0 Å². The van der Waals surface area contributed by atoms with Crippen molar-refractivity contribution in [1.82, 2.24) is 0 Å². The summed E-state index contributed by atoms with van der Waals surface area (Å²) >= 11 is 0. The first-order chi connectivity index (χ1) is 6.86. The van der Waals surface area contributed by atoms with Crippen LogP contribution in [-0.2, 0) is 0 Å². The van der Waals surface area contributed by atoms with E-state index < -0.39 is 0 Å². The third-order valence-corrected chi connectivity index (χ3v) is 2.87. The zero-order chi connectivity index (χ0) is 9.54. The van der Waals surface area contributed by atoms with Crippen LogP contribution in [-0.4, -0.2) is 0 Å². The minimum atomic E-state index is 1.18. The second-order valence-corrected chi connectivity index (χ2v) is 3.91. The summed E-state index contributed by atoms with van der Waals surface area (Å²) in [5.74, 6) is 0. The van der Waals surface area contributed by atoms with Gasteiger partial charge in [0.2, 0.25) is 0 Å². The van der Waals surface area contributed by atoms with E-state index in [9.17, 15) is 0 Å². The van der Waals surface area contributed by atoms with Gasteiger partial charge in [-0.2, -0.15) is 0 Å². The Morgan fingerprint density at radius 1 is 1.00 bits per heavy atom. The van der Waals surface area contributed by atoms with Crippen molar-refractivity contribution >= 4 is 16.3 Å². The number of hydrogen-bond acceptors (Lipinski definition) is 0. The highest BCUT2D eigenvalue weighted by Gasteiger charge is 2.15. The van der Waals surface area contributed by atoms with Gasteiger partial charge in [-0.05, 0) is 40.8 Å². The molecule has 2 aromatic rings. The highest BCUT2D eigenvalue weighted by molar-refractivity contribution is 5.98. The summed E-state index contributed by atoms with van der Waals surface area (Å²) in [5, 5.41) is 2.75. The van der Waals surface area contributed by atoms with Crippen LogP contribution in [0.3, 0.4) is 0 Å². The van der Waals surface area contributed by atoms with Gasteiger partial charge in [0.05, 0.1) is 0 Å². The lowest BCUT2D eigenvalue weighted by atomic mass is 9.98. The quantitative estimate of drug-likeness (QED) is 0.623. The molecule has 1 aliphatic rings. The SMILES string of the molecule is Cc1ccc2ccccc2c1C1=CC1. The summed E-state index contributed by atoms with van der Waals surface area (Å²) in [5.41, 5.74) is 4.37. The smallest absolute Gasteiger partial charge is 0.00881 e. The maximum absolute atomic E-state index is 2.30. The van der Waals surface area contributed by atoms with E-state index in [1.54, 1.807) is 0 Å². The number of aryl methyl sites for hydroxylation is 1. The molecule has 2 aromatic carbocycles. The molecule has 0 bridgehead atoms. The monoisotopic (exact) mass is 180 g/mol. The van der Waals surface area contributed by atoms with Gasteiger partial charge in [0.25, 0.3) is 0 Å². The van der Waals surface area contributed by atoms with Gasteiger partial charge in [-0.3, -0.25) is 0 Å². The van der Waals surface area contributed by atoms with Crippen LogP contribution in [0.15, 0.2) is 42.5 Å². The largest absolute Gasteiger partial charge is 0.0760 e. The number of hydrogen-bond donors (Lipinski definition) is 0. The average Bonchev–Trinajstić information content (AvgIpc) is 3.01. The molecule has 0 aromatic heterocycles. The molecule has 0 unspecified atom stereocenters. The van der Waals surface area contributed by atoms with E-state index in [4.69, 9.17) is 0 Å². The van der Waals surface area contributed by atoms with Gasteiger partial charge in [-0.25, -0.2) is 0 Å². The lowest BCUT2D eigenvalue weighted by Crippen LogP contribution is -1.84. The summed E-state index contributed by atoms with van der Waals surface area (Å²) in [6, 6.07) is 13.0. The van der Waals surface area contributed by atoms with Crippen molar-refractivity contribution < 1.29 is 0 Å². The fraction of sp³-hybridized carbons (Fsp3) is 0.143. The first kappa shape index (κ1) is 7.81. The molecule has 0 spiro atoms. The highest BCUT2D eigenvalue weighted by Crippen LogP contribution is 2.37. The van der Waals surface area contributed by atoms with Gasteiger partial charge in [0.15, 0.2) is 0 Å². The molecule has 0 heteroatoms. The Morgan fingerprint density at radius 3 is 2.57 bits per heavy atom. The molecular formula is C14H12. The van der Waals surface area contributed by atoms with Crippen molar-refractivity contribution in [3.05, 3.63) is 53.6 Å². The first-order valence-electron chi connectivity index (χ1n) is 5.04. The molecule has 0 saturated heterocycles. The van der Waals surface area contributed by atoms with Crippen molar-refractivity contribution in [2.45, 2.75) is 13.3 Å². The van der Waals surface area contributed by atoms with Crippen LogP contribution in [0.1, 0.15) is 17.5 Å². The Bertz CT molecular complexity index is 533. The molecule has 0 fully saturated rings. The minimum Gasteiger partial charge on any atom is -0.0760 e. The molecule has 0 nitrogen and oxygen atoms in total. The van der Waals surface area contributed by atoms with Crippen LogP contribution < -0.4 is 0 Å². The Hall–Kier alpha value is -1.56. The van der Waals surface area contributed by atoms with E-state index in [0.717, 1.165) is 0 Å². The molecule has 0 amide bonds. The molecule has 0 saturated carbocycles. The minimum absolute atomic E-state index is 1.18. The van der Waals surface area contributed by atoms with Crippen LogP contribution in [0.2, 0.25) is 0 Å². The third-order valence-electron chi connectivity index (χ3n) is 2.87. The number of allylic oxidation sites excluding steroid dienone is 2. The van der Waals surface area contributed by atoms with E-state index in [0.29, 0.717) is 0 Å². The molecule has 1 aliphatic carbocycles. The summed E-state index contributed by atoms with van der Waals surface area (Å²) in [6.07, 6.45) is 3.48. The Kier molecular flexibility index (Phi) is 1.51. The van der Waals surface area contributed by atoms with E-state index in [1.165, 1.54) is 33.9 Å². The van der Waals surface area contributed by atoms with Gasteiger partial charge in [0.1, 0.15) is 0 Å². The van der Waals surface area contributed by atoms with Gasteiger partial charge in [-0.1, -0.05) is 42.5 Å². The summed E-state index contributed by atoms with van der Waals surface area (Å²) < 4.78 is 0. The maximum Gasteiger partial charge on any atom is -0.00881 e. The van der Waals surface area contributed by atoms with Gasteiger partial charge >= 0.3 is 0 Å². The normalized spacial score (nSPS) is 14.2. The maximum atomic E-state index is 2.30. The van der Waals surface area contributed by atoms with Gasteiger partial charge < -0.3 is 0 Å². The molecule has 0 radical (unpaired) electrons. The topological polar surface area (TPSA) is 0 Å². The fourth-order valence-corrected chi connectivity index (χ4v) is 2.06. The summed E-state index contributed by atoms with van der Waals surface area (Å²) in [7, 11) is 0. The van der Waals surface area contributed by atoms with Crippen LogP contribution in [0, 0.1) is 6.92 Å². The van der Waals surface area contributed by atoms with E-state index in [2.05, 4.69) is 49.4 Å². The predicted molar refractivity (Wildman–Crippen MR) is 61.3 cm³/mol. The fourth-order valence-electron chi connectivity index (χ4n) is 2.06. The number of fused-ring (bicyclic) bond motifs is 1. The zero-order valence-corrected chi connectivity index (χ0v) is 8.25. The van der Waals surface area contributed by atoms with Crippen LogP contribution >= 0.6 is 0 Å². The van der Waals surface area contributed by atoms with Crippen molar-refractivity contribution in [2.24, 2.45) is 0 Å². The summed E-state index contributed by atoms with van der Waals surface area (Å²) in [6.45, 7) is 2.20. The highest BCUT2D eigenvalue weighted by atomic mass is 14.2. The summed E-state index contributed by atoms with van der Waals surface area (Å²) in [4.78, 5) is 0. The second kappa shape index (κ2) is 2.71. The van der Waals surface area contributed by atoms with Crippen molar-refractivity contribution in [1.29, 1.82) is 0 Å². The lowest BCUT2D eigenvalue weighted by Gasteiger charge is -2.06. The predicted octanol–water partition coefficient (Wildman–Crippen LogP) is 3.94. The molecule has 68 valence electrons. The average molecular weight is 180 g/mol. The first-order valence-corrected chi connectivity index (χ1v) is 5.04. The van der Waals surface area contributed by atoms with Crippen molar-refractivity contribution in [3.8, 4) is 0 Å². The molecule has 0 atom stereocenters. The Balaban J connectivity index is 2.43. The Morgan fingerprint density at radius 2 is 1.79 bits per heavy atom. The van der Waals surface area contributed by atoms with E-state index in [1.807, 2.05) is 0 Å². The van der Waals surface area contributed by atoms with Crippen molar-refractivity contribution in [3.63, 3.8) is 0 Å². The molecule has 0 heterocycles. The van der Waals surface area contributed by atoms with Crippen LogP contribution in [0.5, 0.6) is 0 Å². The number of benzene rings is 2. The second-order valence-electron chi connectivity index (χ2n) is 3.91. The van der Waals surface area contributed by atoms with Gasteiger partial charge in [-0.15, -0.1) is 0 Å². The third kappa shape index (κ3) is 1.07. The van der Waals surface area contributed by atoms with Crippen LogP contribution in [0.25, 0.3) is 16.3 Å². The van der Waals surface area contributed by atoms with E-state index >= 15 is 0 Å². The molecule has 0 N–H and O–H groups in total. The lowest BCUT2D eigenvalue weighted by molar-refractivity contribution is 1.46. The molecular weight excluding hydrogens is 168 g/mol. The number of rotatable bonds is 1. The van der Waals surface area contributed by atoms with Crippen molar-refractivity contribution in [2.75, 3.05) is 0 Å². The van der Waals surface area contributed by atoms with Crippen LogP contribution in [0.4, 0.5) is 0 Å². The molecule has 14 heavy (non-hydrogen) atoms. The zero-order valence-electron chi connectivity index (χ0n) is 8.25. The van der Waals surface area contributed by atoms with Gasteiger partial charge in [0, 0.05) is 0 Å². The Labute approximate surface area is 83.9 Å².